The summed E-state index contributed by atoms with van der Waals surface area (Å²) in [6.07, 6.45) is 3.37. The Bertz CT molecular complexity index is 609. The van der Waals surface area contributed by atoms with Crippen LogP contribution < -0.4 is 0 Å². The van der Waals surface area contributed by atoms with Crippen LogP contribution in [0.3, 0.4) is 0 Å². The van der Waals surface area contributed by atoms with Gasteiger partial charge in [0, 0.05) is 0 Å². The van der Waals surface area contributed by atoms with Gasteiger partial charge in [0.25, 0.3) is 0 Å². The molecular formula is C20H22O3. The predicted molar refractivity (Wildman–Crippen MR) is 89.7 cm³/mol. The molecule has 3 nitrogen and oxygen atoms in total. The summed E-state index contributed by atoms with van der Waals surface area (Å²) >= 11 is 0. The third-order valence-electron chi connectivity index (χ3n) is 3.92. The van der Waals surface area contributed by atoms with Crippen molar-refractivity contribution in [2.24, 2.45) is 0 Å². The van der Waals surface area contributed by atoms with Crippen LogP contribution in [0.15, 0.2) is 73.0 Å². The average Bonchev–Trinajstić information content (AvgIpc) is 2.61. The fourth-order valence-corrected chi connectivity index (χ4v) is 2.61. The molecule has 0 fully saturated rings. The first-order valence-corrected chi connectivity index (χ1v) is 7.96. The topological polar surface area (TPSA) is 27.7 Å². The van der Waals surface area contributed by atoms with E-state index in [0.717, 1.165) is 11.1 Å². The van der Waals surface area contributed by atoms with Crippen LogP contribution in [0.1, 0.15) is 18.1 Å². The Hall–Kier alpha value is -2.10. The Balaban J connectivity index is 1.60. The van der Waals surface area contributed by atoms with Gasteiger partial charge in [-0.05, 0) is 24.1 Å². The van der Waals surface area contributed by atoms with Crippen molar-refractivity contribution in [3.8, 4) is 0 Å². The van der Waals surface area contributed by atoms with Crippen molar-refractivity contribution < 1.29 is 14.2 Å². The van der Waals surface area contributed by atoms with Crippen LogP contribution in [0.25, 0.3) is 0 Å². The first kappa shape index (κ1) is 15.8. The zero-order valence-corrected chi connectivity index (χ0v) is 13.3. The maximum absolute atomic E-state index is 6.08. The van der Waals surface area contributed by atoms with Crippen LogP contribution in [0.4, 0.5) is 0 Å². The largest absolute Gasteiger partial charge is 0.496 e. The van der Waals surface area contributed by atoms with Gasteiger partial charge in [0.1, 0.15) is 18.3 Å². The van der Waals surface area contributed by atoms with Crippen molar-refractivity contribution >= 4 is 0 Å². The van der Waals surface area contributed by atoms with Crippen LogP contribution in [0.2, 0.25) is 0 Å². The van der Waals surface area contributed by atoms with Crippen LogP contribution in [-0.4, -0.2) is 18.3 Å². The first-order valence-electron chi connectivity index (χ1n) is 7.96. The molecule has 0 unspecified atom stereocenters. The van der Waals surface area contributed by atoms with Gasteiger partial charge in [-0.1, -0.05) is 60.7 Å². The van der Waals surface area contributed by atoms with Crippen molar-refractivity contribution in [2.45, 2.75) is 38.4 Å². The lowest BCUT2D eigenvalue weighted by atomic mass is 10.1. The fourth-order valence-electron chi connectivity index (χ4n) is 2.61. The summed E-state index contributed by atoms with van der Waals surface area (Å²) in [5, 5.41) is 0. The molecule has 0 radical (unpaired) electrons. The van der Waals surface area contributed by atoms with Gasteiger partial charge in [-0.25, -0.2) is 0 Å². The van der Waals surface area contributed by atoms with Crippen molar-refractivity contribution in [1.82, 2.24) is 0 Å². The molecule has 120 valence electrons. The van der Waals surface area contributed by atoms with E-state index in [1.165, 1.54) is 0 Å². The number of rotatable bonds is 6. The molecule has 2 aromatic carbocycles. The summed E-state index contributed by atoms with van der Waals surface area (Å²) in [6.45, 7) is 3.13. The van der Waals surface area contributed by atoms with Crippen molar-refractivity contribution in [1.29, 1.82) is 0 Å². The van der Waals surface area contributed by atoms with E-state index in [1.807, 2.05) is 49.4 Å². The van der Waals surface area contributed by atoms with E-state index >= 15 is 0 Å². The third kappa shape index (κ3) is 4.44. The number of hydrogen-bond acceptors (Lipinski definition) is 3. The molecule has 0 aromatic heterocycles. The maximum Gasteiger partial charge on any atom is 0.124 e. The maximum atomic E-state index is 6.08. The molecule has 1 aliphatic heterocycles. The van der Waals surface area contributed by atoms with E-state index in [1.54, 1.807) is 6.26 Å². The lowest BCUT2D eigenvalue weighted by Crippen LogP contribution is -2.42. The minimum atomic E-state index is -0.121. The Morgan fingerprint density at radius 2 is 1.39 bits per heavy atom. The highest BCUT2D eigenvalue weighted by Gasteiger charge is 2.30. The lowest BCUT2D eigenvalue weighted by molar-refractivity contribution is -0.125. The van der Waals surface area contributed by atoms with Gasteiger partial charge in [0.05, 0.1) is 19.5 Å². The summed E-state index contributed by atoms with van der Waals surface area (Å²) in [5.41, 5.74) is 2.30. The second-order valence-electron chi connectivity index (χ2n) is 5.69. The Kier molecular flexibility index (Phi) is 5.46. The number of ether oxygens (including phenoxy) is 3. The zero-order chi connectivity index (χ0) is 15.9. The SMILES string of the molecule is C[C@H]1OC=C[C@H](OCc2ccccc2)[C@H]1OCc1ccccc1. The standard InChI is InChI=1S/C20H22O3/c1-16-20(23-15-18-10-6-3-7-11-18)19(12-13-21-16)22-14-17-8-4-2-5-9-17/h2-13,16,19-20H,14-15H2,1H3/t16-,19+,20+/m1/s1. The fraction of sp³-hybridized carbons (Fsp3) is 0.300. The monoisotopic (exact) mass is 310 g/mol. The van der Waals surface area contributed by atoms with E-state index in [9.17, 15) is 0 Å². The second-order valence-corrected chi connectivity index (χ2v) is 5.69. The van der Waals surface area contributed by atoms with Gasteiger partial charge in [-0.15, -0.1) is 0 Å². The van der Waals surface area contributed by atoms with Crippen molar-refractivity contribution in [3.05, 3.63) is 84.1 Å². The highest BCUT2D eigenvalue weighted by atomic mass is 16.6. The summed E-state index contributed by atoms with van der Waals surface area (Å²) in [4.78, 5) is 0. The van der Waals surface area contributed by atoms with Crippen molar-refractivity contribution in [3.63, 3.8) is 0 Å². The van der Waals surface area contributed by atoms with Gasteiger partial charge >= 0.3 is 0 Å². The molecule has 0 aliphatic carbocycles. The highest BCUT2D eigenvalue weighted by Crippen LogP contribution is 2.21. The van der Waals surface area contributed by atoms with Crippen LogP contribution in [0, 0.1) is 0 Å². The molecule has 1 heterocycles. The van der Waals surface area contributed by atoms with Gasteiger partial charge in [-0.3, -0.25) is 0 Å². The normalized spacial score (nSPS) is 23.4. The van der Waals surface area contributed by atoms with Crippen molar-refractivity contribution in [2.75, 3.05) is 0 Å². The van der Waals surface area contributed by atoms with Gasteiger partial charge < -0.3 is 14.2 Å². The van der Waals surface area contributed by atoms with E-state index in [2.05, 4.69) is 24.3 Å². The third-order valence-corrected chi connectivity index (χ3v) is 3.92. The Morgan fingerprint density at radius 3 is 2.00 bits per heavy atom. The number of benzene rings is 2. The summed E-state index contributed by atoms with van der Waals surface area (Å²) in [5.74, 6) is 0. The van der Waals surface area contributed by atoms with Crippen LogP contribution in [-0.2, 0) is 27.4 Å². The molecule has 0 saturated heterocycles. The van der Waals surface area contributed by atoms with E-state index in [-0.39, 0.29) is 18.3 Å². The smallest absolute Gasteiger partial charge is 0.124 e. The Labute approximate surface area is 137 Å². The molecule has 0 spiro atoms. The molecule has 23 heavy (non-hydrogen) atoms. The minimum absolute atomic E-state index is 0.0375. The lowest BCUT2D eigenvalue weighted by Gasteiger charge is -2.32. The molecule has 0 amide bonds. The summed E-state index contributed by atoms with van der Waals surface area (Å²) in [7, 11) is 0. The second kappa shape index (κ2) is 7.95. The van der Waals surface area contributed by atoms with Gasteiger partial charge in [0.15, 0.2) is 0 Å². The molecule has 1 aliphatic rings. The highest BCUT2D eigenvalue weighted by molar-refractivity contribution is 5.15. The molecule has 3 atom stereocenters. The molecular weight excluding hydrogens is 288 g/mol. The molecule has 3 rings (SSSR count). The molecule has 0 N–H and O–H groups in total. The molecule has 3 heteroatoms. The summed E-state index contributed by atoms with van der Waals surface area (Å²) in [6, 6.07) is 20.3. The summed E-state index contributed by atoms with van der Waals surface area (Å²) < 4.78 is 17.7. The van der Waals surface area contributed by atoms with Crippen LogP contribution >= 0.6 is 0 Å². The molecule has 2 aromatic rings. The quantitative estimate of drug-likeness (QED) is 0.804. The molecule has 0 saturated carbocycles. The Morgan fingerprint density at radius 1 is 0.826 bits per heavy atom. The predicted octanol–water partition coefficient (Wildman–Crippen LogP) is 4.09. The number of hydrogen-bond donors (Lipinski definition) is 0. The van der Waals surface area contributed by atoms with E-state index in [0.29, 0.717) is 13.2 Å². The van der Waals surface area contributed by atoms with E-state index < -0.39 is 0 Å². The molecule has 0 bridgehead atoms. The average molecular weight is 310 g/mol. The van der Waals surface area contributed by atoms with Gasteiger partial charge in [-0.2, -0.15) is 0 Å². The van der Waals surface area contributed by atoms with Gasteiger partial charge in [0.2, 0.25) is 0 Å². The first-order chi connectivity index (χ1) is 11.3. The van der Waals surface area contributed by atoms with E-state index in [4.69, 9.17) is 14.2 Å². The van der Waals surface area contributed by atoms with Crippen LogP contribution in [0.5, 0.6) is 0 Å². The minimum Gasteiger partial charge on any atom is -0.496 e. The zero-order valence-electron chi connectivity index (χ0n) is 13.3.